The summed E-state index contributed by atoms with van der Waals surface area (Å²) in [4.78, 5) is 12.5. The largest absolute Gasteiger partial charge is 0.352 e. The van der Waals surface area contributed by atoms with Crippen molar-refractivity contribution in [3.63, 3.8) is 0 Å². The van der Waals surface area contributed by atoms with Gasteiger partial charge in [-0.05, 0) is 55.2 Å². The molecule has 0 unspecified atom stereocenters. The van der Waals surface area contributed by atoms with Gasteiger partial charge in [0.2, 0.25) is 10.0 Å². The van der Waals surface area contributed by atoms with Crippen LogP contribution in [0.2, 0.25) is 10.0 Å². The van der Waals surface area contributed by atoms with Gasteiger partial charge >= 0.3 is 0 Å². The van der Waals surface area contributed by atoms with E-state index >= 15 is 0 Å². The highest BCUT2D eigenvalue weighted by Gasteiger charge is 2.21. The molecule has 0 heterocycles. The van der Waals surface area contributed by atoms with Crippen LogP contribution in [0.25, 0.3) is 0 Å². The highest BCUT2D eigenvalue weighted by molar-refractivity contribution is 7.89. The summed E-state index contributed by atoms with van der Waals surface area (Å²) in [6.45, 7) is 0.407. The van der Waals surface area contributed by atoms with Crippen LogP contribution in [0.3, 0.4) is 0 Å². The Kier molecular flexibility index (Phi) is 7.57. The van der Waals surface area contributed by atoms with Crippen LogP contribution in [0, 0.1) is 0 Å². The van der Waals surface area contributed by atoms with Gasteiger partial charge in [0.25, 0.3) is 5.91 Å². The molecule has 0 spiro atoms. The minimum atomic E-state index is -3.50. The summed E-state index contributed by atoms with van der Waals surface area (Å²) in [6, 6.07) is 11.5. The van der Waals surface area contributed by atoms with Crippen LogP contribution in [0.1, 0.15) is 48.0 Å². The molecule has 29 heavy (non-hydrogen) atoms. The van der Waals surface area contributed by atoms with Gasteiger partial charge < -0.3 is 5.32 Å². The average molecular weight is 455 g/mol. The number of carbonyl (C=O) groups is 1. The maximum Gasteiger partial charge on any atom is 0.252 e. The second kappa shape index (κ2) is 9.94. The summed E-state index contributed by atoms with van der Waals surface area (Å²) in [6.07, 6.45) is 5.68. The number of halogens is 2. The topological polar surface area (TPSA) is 75.3 Å². The van der Waals surface area contributed by atoms with Crippen LogP contribution in [0.5, 0.6) is 0 Å². The minimum Gasteiger partial charge on any atom is -0.352 e. The lowest BCUT2D eigenvalue weighted by Gasteiger charge is -2.22. The van der Waals surface area contributed by atoms with Gasteiger partial charge in [-0.1, -0.05) is 54.6 Å². The third-order valence-electron chi connectivity index (χ3n) is 5.04. The molecule has 1 aliphatic rings. The van der Waals surface area contributed by atoms with Crippen LogP contribution in [0.15, 0.2) is 47.4 Å². The van der Waals surface area contributed by atoms with E-state index in [4.69, 9.17) is 23.2 Å². The Balaban J connectivity index is 1.53. The normalized spacial score (nSPS) is 15.2. The van der Waals surface area contributed by atoms with E-state index in [1.54, 1.807) is 36.4 Å². The second-order valence-corrected chi connectivity index (χ2v) is 9.79. The second-order valence-electron chi connectivity index (χ2n) is 7.23. The standard InChI is InChI=1S/C21H24Cl2N2O3S/c22-16-8-11-19(20(23)14-16)21(26)24-13-12-15-6-9-18(10-7-15)29(27,28)25-17-4-2-1-3-5-17/h6-11,14,17,25H,1-5,12-13H2,(H,24,26). The van der Waals surface area contributed by atoms with Crippen molar-refractivity contribution in [2.75, 3.05) is 6.54 Å². The number of sulfonamides is 1. The SMILES string of the molecule is O=C(NCCc1ccc(S(=O)(=O)NC2CCCCC2)cc1)c1ccc(Cl)cc1Cl. The van der Waals surface area contributed by atoms with Crippen molar-refractivity contribution in [2.24, 2.45) is 0 Å². The molecule has 0 atom stereocenters. The monoisotopic (exact) mass is 454 g/mol. The fourth-order valence-corrected chi connectivity index (χ4v) is 5.23. The molecular weight excluding hydrogens is 431 g/mol. The molecule has 0 aromatic heterocycles. The average Bonchev–Trinajstić information content (AvgIpc) is 2.68. The van der Waals surface area contributed by atoms with Crippen molar-refractivity contribution in [1.82, 2.24) is 10.0 Å². The summed E-state index contributed by atoms with van der Waals surface area (Å²) >= 11 is 11.9. The van der Waals surface area contributed by atoms with Crippen LogP contribution < -0.4 is 10.0 Å². The molecule has 1 aliphatic carbocycles. The fraction of sp³-hybridized carbons (Fsp3) is 0.381. The van der Waals surface area contributed by atoms with Crippen molar-refractivity contribution in [3.05, 3.63) is 63.6 Å². The Morgan fingerprint density at radius 2 is 1.69 bits per heavy atom. The first-order valence-corrected chi connectivity index (χ1v) is 11.9. The van der Waals surface area contributed by atoms with Crippen molar-refractivity contribution in [2.45, 2.75) is 49.5 Å². The molecule has 8 heteroatoms. The van der Waals surface area contributed by atoms with E-state index in [1.807, 2.05) is 0 Å². The van der Waals surface area contributed by atoms with Crippen molar-refractivity contribution >= 4 is 39.1 Å². The van der Waals surface area contributed by atoms with Crippen molar-refractivity contribution in [3.8, 4) is 0 Å². The van der Waals surface area contributed by atoms with Gasteiger partial charge in [-0.2, -0.15) is 0 Å². The molecule has 5 nitrogen and oxygen atoms in total. The quantitative estimate of drug-likeness (QED) is 0.642. The first-order chi connectivity index (χ1) is 13.8. The van der Waals surface area contributed by atoms with Gasteiger partial charge in [0, 0.05) is 17.6 Å². The molecule has 1 fully saturated rings. The zero-order chi connectivity index (χ0) is 20.9. The molecule has 2 aromatic carbocycles. The van der Waals surface area contributed by atoms with E-state index in [9.17, 15) is 13.2 Å². The number of benzene rings is 2. The van der Waals surface area contributed by atoms with Gasteiger partial charge in [0.05, 0.1) is 15.5 Å². The molecule has 0 bridgehead atoms. The Morgan fingerprint density at radius 1 is 1.00 bits per heavy atom. The molecule has 0 radical (unpaired) electrons. The van der Waals surface area contributed by atoms with Crippen molar-refractivity contribution in [1.29, 1.82) is 0 Å². The number of carbonyl (C=O) groups excluding carboxylic acids is 1. The Hall–Kier alpha value is -1.60. The predicted molar refractivity (Wildman–Crippen MR) is 116 cm³/mol. The first-order valence-electron chi connectivity index (χ1n) is 9.70. The maximum absolute atomic E-state index is 12.5. The van der Waals surface area contributed by atoms with E-state index < -0.39 is 10.0 Å². The molecule has 1 amide bonds. The highest BCUT2D eigenvalue weighted by Crippen LogP contribution is 2.21. The van der Waals surface area contributed by atoms with E-state index in [2.05, 4.69) is 10.0 Å². The van der Waals surface area contributed by atoms with Crippen molar-refractivity contribution < 1.29 is 13.2 Å². The third-order valence-corrected chi connectivity index (χ3v) is 7.12. The lowest BCUT2D eigenvalue weighted by molar-refractivity contribution is 0.0954. The molecule has 156 valence electrons. The van der Waals surface area contributed by atoms with Gasteiger partial charge in [0.15, 0.2) is 0 Å². The lowest BCUT2D eigenvalue weighted by Crippen LogP contribution is -2.36. The summed E-state index contributed by atoms with van der Waals surface area (Å²) < 4.78 is 27.9. The minimum absolute atomic E-state index is 0.0309. The van der Waals surface area contributed by atoms with Gasteiger partial charge in [-0.25, -0.2) is 13.1 Å². The Morgan fingerprint density at radius 3 is 2.34 bits per heavy atom. The molecule has 2 aromatic rings. The third kappa shape index (κ3) is 6.19. The van der Waals surface area contributed by atoms with Gasteiger partial charge in [-0.15, -0.1) is 0 Å². The summed E-state index contributed by atoms with van der Waals surface area (Å²) in [7, 11) is -3.50. The lowest BCUT2D eigenvalue weighted by atomic mass is 9.96. The number of rotatable bonds is 7. The van der Waals surface area contributed by atoms with Gasteiger partial charge in [0.1, 0.15) is 0 Å². The van der Waals surface area contributed by atoms with E-state index in [1.165, 1.54) is 12.5 Å². The Labute approximate surface area is 181 Å². The number of nitrogens with one attached hydrogen (secondary N) is 2. The van der Waals surface area contributed by atoms with Crippen LogP contribution in [-0.4, -0.2) is 26.9 Å². The van der Waals surface area contributed by atoms with E-state index in [0.29, 0.717) is 28.6 Å². The van der Waals surface area contributed by atoms with Crippen LogP contribution >= 0.6 is 23.2 Å². The molecular formula is C21H24Cl2N2O3S. The fourth-order valence-electron chi connectivity index (χ4n) is 3.43. The van der Waals surface area contributed by atoms with E-state index in [-0.39, 0.29) is 16.8 Å². The number of hydrogen-bond acceptors (Lipinski definition) is 3. The summed E-state index contributed by atoms with van der Waals surface area (Å²) in [5.41, 5.74) is 1.30. The van der Waals surface area contributed by atoms with E-state index in [0.717, 1.165) is 31.2 Å². The molecule has 0 saturated heterocycles. The summed E-state index contributed by atoms with van der Waals surface area (Å²) in [5, 5.41) is 3.58. The van der Waals surface area contributed by atoms with Crippen LogP contribution in [-0.2, 0) is 16.4 Å². The Bertz CT molecular complexity index is 956. The van der Waals surface area contributed by atoms with Crippen LogP contribution in [0.4, 0.5) is 0 Å². The first kappa shape index (κ1) is 22.1. The molecule has 3 rings (SSSR count). The maximum atomic E-state index is 12.5. The van der Waals surface area contributed by atoms with Gasteiger partial charge in [-0.3, -0.25) is 4.79 Å². The number of hydrogen-bond donors (Lipinski definition) is 2. The zero-order valence-electron chi connectivity index (χ0n) is 16.0. The summed E-state index contributed by atoms with van der Waals surface area (Å²) in [5.74, 6) is -0.275. The molecule has 1 saturated carbocycles. The zero-order valence-corrected chi connectivity index (χ0v) is 18.3. The molecule has 2 N–H and O–H groups in total. The smallest absolute Gasteiger partial charge is 0.252 e. The molecule has 0 aliphatic heterocycles. The highest BCUT2D eigenvalue weighted by atomic mass is 35.5. The predicted octanol–water partition coefficient (Wildman–Crippen LogP) is 4.58. The number of amides is 1.